The molecule has 1 heterocycles. The van der Waals surface area contributed by atoms with Gasteiger partial charge in [0.25, 0.3) is 0 Å². The first-order valence-corrected chi connectivity index (χ1v) is 8.37. The van der Waals surface area contributed by atoms with Crippen molar-refractivity contribution in [3.05, 3.63) is 0 Å². The molecule has 1 saturated carbocycles. The third-order valence-corrected chi connectivity index (χ3v) is 4.60. The van der Waals surface area contributed by atoms with Crippen molar-refractivity contribution >= 4 is 5.91 Å². The molecule has 1 N–H and O–H groups in total. The number of rotatable bonds is 6. The van der Waals surface area contributed by atoms with Crippen LogP contribution in [0.4, 0.5) is 0 Å². The second kappa shape index (κ2) is 8.63. The zero-order valence-corrected chi connectivity index (χ0v) is 12.9. The van der Waals surface area contributed by atoms with Crippen LogP contribution in [0.25, 0.3) is 0 Å². The van der Waals surface area contributed by atoms with Gasteiger partial charge in [-0.05, 0) is 45.7 Å². The summed E-state index contributed by atoms with van der Waals surface area (Å²) < 4.78 is 5.87. The normalized spacial score (nSPS) is 25.6. The van der Waals surface area contributed by atoms with Crippen molar-refractivity contribution in [2.75, 3.05) is 26.7 Å². The van der Waals surface area contributed by atoms with E-state index in [1.54, 1.807) is 0 Å². The van der Waals surface area contributed by atoms with Crippen molar-refractivity contribution in [2.45, 2.75) is 69.9 Å². The SMILES string of the molecule is CN1CCCC[C@@H]1C(=O)NCCCOC1CCCCC1. The van der Waals surface area contributed by atoms with E-state index < -0.39 is 0 Å². The fourth-order valence-corrected chi connectivity index (χ4v) is 3.29. The minimum absolute atomic E-state index is 0.0861. The molecule has 0 aromatic heterocycles. The first kappa shape index (κ1) is 15.8. The van der Waals surface area contributed by atoms with E-state index in [1.807, 2.05) is 0 Å². The highest BCUT2D eigenvalue weighted by atomic mass is 16.5. The Balaban J connectivity index is 1.52. The highest BCUT2D eigenvalue weighted by Gasteiger charge is 2.25. The molecule has 1 aliphatic carbocycles. The standard InChI is InChI=1S/C16H30N2O2/c1-18-12-6-5-10-15(18)16(19)17-11-7-13-20-14-8-3-2-4-9-14/h14-15H,2-13H2,1H3,(H,17,19)/t15-/m1/s1. The summed E-state index contributed by atoms with van der Waals surface area (Å²) in [5.41, 5.74) is 0. The number of carbonyl (C=O) groups is 1. The molecule has 0 aromatic carbocycles. The van der Waals surface area contributed by atoms with E-state index in [0.29, 0.717) is 6.10 Å². The van der Waals surface area contributed by atoms with Crippen LogP contribution in [0.3, 0.4) is 0 Å². The largest absolute Gasteiger partial charge is 0.378 e. The van der Waals surface area contributed by atoms with Gasteiger partial charge in [0.15, 0.2) is 0 Å². The van der Waals surface area contributed by atoms with Gasteiger partial charge in [-0.3, -0.25) is 9.69 Å². The lowest BCUT2D eigenvalue weighted by Crippen LogP contribution is -2.47. The van der Waals surface area contributed by atoms with Gasteiger partial charge in [0, 0.05) is 13.2 Å². The summed E-state index contributed by atoms with van der Waals surface area (Å²) in [5.74, 6) is 0.199. The quantitative estimate of drug-likeness (QED) is 0.760. The topological polar surface area (TPSA) is 41.6 Å². The lowest BCUT2D eigenvalue weighted by molar-refractivity contribution is -0.127. The molecule has 0 radical (unpaired) electrons. The maximum atomic E-state index is 12.1. The number of ether oxygens (including phenoxy) is 1. The maximum Gasteiger partial charge on any atom is 0.237 e. The van der Waals surface area contributed by atoms with Crippen LogP contribution in [-0.2, 0) is 9.53 Å². The molecule has 1 saturated heterocycles. The van der Waals surface area contributed by atoms with E-state index in [4.69, 9.17) is 4.74 Å². The van der Waals surface area contributed by atoms with Gasteiger partial charge in [-0.1, -0.05) is 25.7 Å². The van der Waals surface area contributed by atoms with Gasteiger partial charge in [0.05, 0.1) is 12.1 Å². The number of nitrogens with zero attached hydrogens (tertiary/aromatic N) is 1. The summed E-state index contributed by atoms with van der Waals surface area (Å²) >= 11 is 0. The van der Waals surface area contributed by atoms with E-state index in [0.717, 1.165) is 32.5 Å². The van der Waals surface area contributed by atoms with E-state index in [-0.39, 0.29) is 11.9 Å². The zero-order valence-electron chi connectivity index (χ0n) is 12.9. The molecule has 4 nitrogen and oxygen atoms in total. The average molecular weight is 282 g/mol. The molecule has 20 heavy (non-hydrogen) atoms. The van der Waals surface area contributed by atoms with Crippen molar-refractivity contribution in [3.8, 4) is 0 Å². The van der Waals surface area contributed by atoms with Gasteiger partial charge in [-0.15, -0.1) is 0 Å². The fourth-order valence-electron chi connectivity index (χ4n) is 3.29. The van der Waals surface area contributed by atoms with Gasteiger partial charge < -0.3 is 10.1 Å². The highest BCUT2D eigenvalue weighted by Crippen LogP contribution is 2.20. The van der Waals surface area contributed by atoms with Crippen molar-refractivity contribution in [2.24, 2.45) is 0 Å². The Morgan fingerprint density at radius 3 is 2.65 bits per heavy atom. The van der Waals surface area contributed by atoms with Crippen LogP contribution in [0.15, 0.2) is 0 Å². The van der Waals surface area contributed by atoms with E-state index in [2.05, 4.69) is 17.3 Å². The van der Waals surface area contributed by atoms with Crippen LogP contribution in [0.5, 0.6) is 0 Å². The third-order valence-electron chi connectivity index (χ3n) is 4.60. The Labute approximate surface area is 123 Å². The summed E-state index contributed by atoms with van der Waals surface area (Å²) in [6, 6.07) is 0.0861. The molecular formula is C16H30N2O2. The minimum Gasteiger partial charge on any atom is -0.378 e. The minimum atomic E-state index is 0.0861. The van der Waals surface area contributed by atoms with Crippen molar-refractivity contribution in [1.82, 2.24) is 10.2 Å². The number of piperidine rings is 1. The Bertz CT molecular complexity index is 290. The van der Waals surface area contributed by atoms with Crippen molar-refractivity contribution in [1.29, 1.82) is 0 Å². The van der Waals surface area contributed by atoms with Gasteiger partial charge >= 0.3 is 0 Å². The summed E-state index contributed by atoms with van der Waals surface area (Å²) in [6.07, 6.45) is 11.2. The molecule has 2 rings (SSSR count). The highest BCUT2D eigenvalue weighted by molar-refractivity contribution is 5.81. The maximum absolute atomic E-state index is 12.1. The first-order chi connectivity index (χ1) is 9.77. The molecular weight excluding hydrogens is 252 g/mol. The lowest BCUT2D eigenvalue weighted by atomic mass is 9.98. The van der Waals surface area contributed by atoms with Crippen LogP contribution in [0, 0.1) is 0 Å². The van der Waals surface area contributed by atoms with Crippen LogP contribution in [0.1, 0.15) is 57.8 Å². The molecule has 2 aliphatic rings. The second-order valence-electron chi connectivity index (χ2n) is 6.27. The number of likely N-dealkylation sites (N-methyl/N-ethyl adjacent to an activating group) is 1. The predicted octanol–water partition coefficient (Wildman–Crippen LogP) is 2.33. The summed E-state index contributed by atoms with van der Waals surface area (Å²) in [6.45, 7) is 2.57. The Hall–Kier alpha value is -0.610. The Morgan fingerprint density at radius 1 is 1.15 bits per heavy atom. The molecule has 0 bridgehead atoms. The average Bonchev–Trinajstić information content (AvgIpc) is 2.48. The third kappa shape index (κ3) is 5.06. The molecule has 1 atom stereocenters. The lowest BCUT2D eigenvalue weighted by Gasteiger charge is -2.31. The first-order valence-electron chi connectivity index (χ1n) is 8.37. The number of hydrogen-bond donors (Lipinski definition) is 1. The molecule has 1 amide bonds. The number of hydrogen-bond acceptors (Lipinski definition) is 3. The number of nitrogens with one attached hydrogen (secondary N) is 1. The molecule has 4 heteroatoms. The number of amides is 1. The van der Waals surface area contributed by atoms with E-state index in [1.165, 1.54) is 44.9 Å². The van der Waals surface area contributed by atoms with Crippen LogP contribution in [-0.4, -0.2) is 49.7 Å². The molecule has 2 fully saturated rings. The van der Waals surface area contributed by atoms with Gasteiger partial charge in [0.2, 0.25) is 5.91 Å². The van der Waals surface area contributed by atoms with Crippen LogP contribution in [0.2, 0.25) is 0 Å². The van der Waals surface area contributed by atoms with Crippen molar-refractivity contribution < 1.29 is 9.53 Å². The Morgan fingerprint density at radius 2 is 1.90 bits per heavy atom. The molecule has 0 unspecified atom stereocenters. The van der Waals surface area contributed by atoms with Gasteiger partial charge in [-0.25, -0.2) is 0 Å². The number of carbonyl (C=O) groups excluding carboxylic acids is 1. The zero-order chi connectivity index (χ0) is 14.2. The van der Waals surface area contributed by atoms with Crippen molar-refractivity contribution in [3.63, 3.8) is 0 Å². The second-order valence-corrected chi connectivity index (χ2v) is 6.27. The Kier molecular flexibility index (Phi) is 6.80. The van der Waals surface area contributed by atoms with Gasteiger partial charge in [-0.2, -0.15) is 0 Å². The van der Waals surface area contributed by atoms with Gasteiger partial charge in [0.1, 0.15) is 0 Å². The summed E-state index contributed by atoms with van der Waals surface area (Å²) in [4.78, 5) is 14.3. The van der Waals surface area contributed by atoms with E-state index >= 15 is 0 Å². The molecule has 0 aromatic rings. The summed E-state index contributed by atoms with van der Waals surface area (Å²) in [7, 11) is 2.05. The molecule has 0 spiro atoms. The van der Waals surface area contributed by atoms with Crippen LogP contribution >= 0.6 is 0 Å². The number of likely N-dealkylation sites (tertiary alicyclic amines) is 1. The monoisotopic (exact) mass is 282 g/mol. The summed E-state index contributed by atoms with van der Waals surface area (Å²) in [5, 5.41) is 3.06. The smallest absolute Gasteiger partial charge is 0.237 e. The fraction of sp³-hybridized carbons (Fsp3) is 0.938. The predicted molar refractivity (Wildman–Crippen MR) is 80.7 cm³/mol. The van der Waals surface area contributed by atoms with E-state index in [9.17, 15) is 4.79 Å². The molecule has 1 aliphatic heterocycles. The van der Waals surface area contributed by atoms with Crippen LogP contribution < -0.4 is 5.32 Å². The molecule has 116 valence electrons.